The summed E-state index contributed by atoms with van der Waals surface area (Å²) in [5.74, 6) is -1.45. The quantitative estimate of drug-likeness (QED) is 0.472. The fourth-order valence-corrected chi connectivity index (χ4v) is 3.49. The molecule has 0 aromatic heterocycles. The highest BCUT2D eigenvalue weighted by Crippen LogP contribution is 2.55. The summed E-state index contributed by atoms with van der Waals surface area (Å²) < 4.78 is 33.2. The minimum atomic E-state index is -3.82. The molecular weight excluding hydrogens is 311 g/mol. The predicted molar refractivity (Wildman–Crippen MR) is 81.7 cm³/mol. The fraction of sp³-hybridized carbons (Fsp3) is 0.857. The Bertz CT molecular complexity index is 404. The Balaban J connectivity index is 5.41. The maximum absolute atomic E-state index is 12.8. The second kappa shape index (κ2) is 9.28. The molecule has 0 radical (unpaired) electrons. The van der Waals surface area contributed by atoms with Crippen LogP contribution in [0.5, 0.6) is 0 Å². The average Bonchev–Trinajstić information content (AvgIpc) is 2.34. The van der Waals surface area contributed by atoms with E-state index in [0.29, 0.717) is 0 Å². The van der Waals surface area contributed by atoms with Crippen LogP contribution in [0.2, 0.25) is 0 Å². The van der Waals surface area contributed by atoms with E-state index in [1.54, 1.807) is 41.5 Å². The molecule has 0 spiro atoms. The normalized spacial score (nSPS) is 13.5. The zero-order valence-corrected chi connectivity index (χ0v) is 15.1. The molecule has 1 atom stereocenters. The van der Waals surface area contributed by atoms with E-state index in [9.17, 15) is 14.2 Å². The van der Waals surface area contributed by atoms with Gasteiger partial charge in [0.2, 0.25) is 0 Å². The zero-order valence-electron chi connectivity index (χ0n) is 14.2. The van der Waals surface area contributed by atoms with Crippen LogP contribution in [-0.2, 0) is 32.7 Å². The molecule has 0 aliphatic heterocycles. The van der Waals surface area contributed by atoms with Crippen LogP contribution in [0.3, 0.4) is 0 Å². The van der Waals surface area contributed by atoms with Crippen molar-refractivity contribution in [2.24, 2.45) is 0 Å². The molecule has 0 amide bonds. The van der Waals surface area contributed by atoms with Crippen molar-refractivity contribution in [2.45, 2.75) is 59.2 Å². The van der Waals surface area contributed by atoms with Crippen LogP contribution in [0.15, 0.2) is 0 Å². The van der Waals surface area contributed by atoms with E-state index >= 15 is 0 Å². The largest absolute Gasteiger partial charge is 0.466 e. The van der Waals surface area contributed by atoms with Crippen molar-refractivity contribution in [3.05, 3.63) is 0 Å². The minimum absolute atomic E-state index is 0.0827. The van der Waals surface area contributed by atoms with E-state index in [1.807, 2.05) is 0 Å². The van der Waals surface area contributed by atoms with Gasteiger partial charge in [-0.3, -0.25) is 14.2 Å². The van der Waals surface area contributed by atoms with Crippen molar-refractivity contribution in [3.63, 3.8) is 0 Å². The number of esters is 2. The molecule has 0 aromatic carbocycles. The number of rotatable bonds is 9. The van der Waals surface area contributed by atoms with Crippen LogP contribution in [0, 0.1) is 0 Å². The van der Waals surface area contributed by atoms with Gasteiger partial charge in [0.15, 0.2) is 5.66 Å². The van der Waals surface area contributed by atoms with Crippen molar-refractivity contribution >= 4 is 19.5 Å². The molecule has 7 nitrogen and oxygen atoms in total. The van der Waals surface area contributed by atoms with Crippen molar-refractivity contribution < 1.29 is 32.7 Å². The third kappa shape index (κ3) is 7.38. The molecule has 1 unspecified atom stereocenters. The van der Waals surface area contributed by atoms with E-state index in [2.05, 4.69) is 0 Å². The molecule has 0 saturated heterocycles. The molecule has 0 bridgehead atoms. The van der Waals surface area contributed by atoms with Gasteiger partial charge in [0.05, 0.1) is 26.2 Å². The molecule has 8 heteroatoms. The average molecular weight is 338 g/mol. The number of carbonyl (C=O) groups excluding carboxylic acids is 2. The molecule has 0 aromatic rings. The van der Waals surface area contributed by atoms with Crippen molar-refractivity contribution in [1.29, 1.82) is 0 Å². The topological polar surface area (TPSA) is 88.1 Å². The summed E-state index contributed by atoms with van der Waals surface area (Å²) in [5, 5.41) is 0. The summed E-state index contributed by atoms with van der Waals surface area (Å²) in [5.41, 5.74) is -2.13. The molecule has 0 heterocycles. The van der Waals surface area contributed by atoms with Crippen LogP contribution >= 0.6 is 7.60 Å². The predicted octanol–water partition coefficient (Wildman–Crippen LogP) is 2.92. The Kier molecular flexibility index (Phi) is 8.89. The summed E-state index contributed by atoms with van der Waals surface area (Å²) in [6.07, 6.45) is -0.417. The third-order valence-corrected chi connectivity index (χ3v) is 4.74. The lowest BCUT2D eigenvalue weighted by Crippen LogP contribution is -2.34. The van der Waals surface area contributed by atoms with Gasteiger partial charge in [-0.1, -0.05) is 0 Å². The van der Waals surface area contributed by atoms with Gasteiger partial charge in [-0.05, 0) is 41.5 Å². The lowest BCUT2D eigenvalue weighted by atomic mass is 10.2. The second-order valence-corrected chi connectivity index (χ2v) is 7.65. The molecule has 130 valence electrons. The number of hydrogen-bond acceptors (Lipinski definition) is 7. The lowest BCUT2D eigenvalue weighted by Gasteiger charge is -2.27. The summed E-state index contributed by atoms with van der Waals surface area (Å²) in [7, 11) is -3.82. The molecule has 0 saturated carbocycles. The molecule has 0 aliphatic carbocycles. The van der Waals surface area contributed by atoms with Gasteiger partial charge in [0.25, 0.3) is 0 Å². The zero-order chi connectivity index (χ0) is 17.4. The van der Waals surface area contributed by atoms with E-state index in [4.69, 9.17) is 18.5 Å². The highest BCUT2D eigenvalue weighted by Gasteiger charge is 2.45. The van der Waals surface area contributed by atoms with Crippen molar-refractivity contribution in [3.8, 4) is 0 Å². The summed E-state index contributed by atoms with van der Waals surface area (Å²) in [6, 6.07) is 0. The van der Waals surface area contributed by atoms with Gasteiger partial charge in [-0.25, -0.2) is 0 Å². The SMILES string of the molecule is CCOC(=O)CC(C(=O)OC(C)(C)C)P(=O)(OCC)OCC. The highest BCUT2D eigenvalue weighted by molar-refractivity contribution is 7.55. The summed E-state index contributed by atoms with van der Waals surface area (Å²) >= 11 is 0. The molecule has 22 heavy (non-hydrogen) atoms. The van der Waals surface area contributed by atoms with Gasteiger partial charge in [0, 0.05) is 0 Å². The highest BCUT2D eigenvalue weighted by atomic mass is 31.2. The van der Waals surface area contributed by atoms with Crippen molar-refractivity contribution in [1.82, 2.24) is 0 Å². The smallest absolute Gasteiger partial charge is 0.345 e. The summed E-state index contributed by atoms with van der Waals surface area (Å²) in [4.78, 5) is 24.0. The molecule has 0 rings (SSSR count). The Morgan fingerprint density at radius 3 is 1.86 bits per heavy atom. The number of carbonyl (C=O) groups is 2. The van der Waals surface area contributed by atoms with E-state index < -0.39 is 37.2 Å². The van der Waals surface area contributed by atoms with Crippen LogP contribution in [0.4, 0.5) is 0 Å². The maximum Gasteiger partial charge on any atom is 0.345 e. The van der Waals surface area contributed by atoms with Crippen LogP contribution in [-0.4, -0.2) is 43.0 Å². The van der Waals surface area contributed by atoms with E-state index in [1.165, 1.54) is 0 Å². The first-order valence-corrected chi connectivity index (χ1v) is 8.98. The fourth-order valence-electron chi connectivity index (χ4n) is 1.65. The van der Waals surface area contributed by atoms with Gasteiger partial charge >= 0.3 is 19.5 Å². The van der Waals surface area contributed by atoms with Crippen molar-refractivity contribution in [2.75, 3.05) is 19.8 Å². The Morgan fingerprint density at radius 1 is 1.00 bits per heavy atom. The van der Waals surface area contributed by atoms with Crippen LogP contribution in [0.25, 0.3) is 0 Å². The molecule has 0 N–H and O–H groups in total. The van der Waals surface area contributed by atoms with Gasteiger partial charge in [-0.2, -0.15) is 0 Å². The summed E-state index contributed by atoms with van der Waals surface area (Å²) in [6.45, 7) is 10.3. The van der Waals surface area contributed by atoms with E-state index in [0.717, 1.165) is 0 Å². The van der Waals surface area contributed by atoms with Crippen LogP contribution < -0.4 is 0 Å². The lowest BCUT2D eigenvalue weighted by molar-refractivity contribution is -0.158. The second-order valence-electron chi connectivity index (χ2n) is 5.43. The maximum atomic E-state index is 12.8. The van der Waals surface area contributed by atoms with Gasteiger partial charge in [0.1, 0.15) is 5.60 Å². The number of hydrogen-bond donors (Lipinski definition) is 0. The molecular formula is C14H27O7P. The van der Waals surface area contributed by atoms with Gasteiger partial charge in [-0.15, -0.1) is 0 Å². The number of ether oxygens (including phenoxy) is 2. The molecule has 0 aliphatic rings. The first kappa shape index (κ1) is 21.1. The first-order valence-electron chi connectivity index (χ1n) is 7.36. The van der Waals surface area contributed by atoms with Crippen LogP contribution in [0.1, 0.15) is 48.0 Å². The standard InChI is InChI=1S/C14H27O7P/c1-7-18-12(15)10-11(13(16)21-14(4,5)6)22(17,19-8-2)20-9-3/h11H,7-10H2,1-6H3. The Morgan fingerprint density at radius 2 is 1.50 bits per heavy atom. The Hall–Kier alpha value is -0.910. The monoisotopic (exact) mass is 338 g/mol. The van der Waals surface area contributed by atoms with Gasteiger partial charge < -0.3 is 18.5 Å². The minimum Gasteiger partial charge on any atom is -0.466 e. The van der Waals surface area contributed by atoms with E-state index in [-0.39, 0.29) is 19.8 Å². The third-order valence-electron chi connectivity index (χ3n) is 2.34. The first-order chi connectivity index (χ1) is 10.1. The Labute approximate surface area is 132 Å². The molecule has 0 fully saturated rings.